The highest BCUT2D eigenvalue weighted by Crippen LogP contribution is 2.32. The molecule has 2 aromatic rings. The molecule has 5 rings (SSSR count). The van der Waals surface area contributed by atoms with Crippen LogP contribution in [0.5, 0.6) is 11.5 Å². The SMILES string of the molecule is Fc1cc(OCOCC2CO2)ccc1C1COC(c2ccc(OCOCC3CO3)cc2)OC1. The van der Waals surface area contributed by atoms with Crippen LogP contribution < -0.4 is 9.47 Å². The van der Waals surface area contributed by atoms with Gasteiger partial charge in [-0.2, -0.15) is 0 Å². The lowest BCUT2D eigenvalue weighted by Gasteiger charge is -2.30. The largest absolute Gasteiger partial charge is 0.468 e. The van der Waals surface area contributed by atoms with Crippen LogP contribution >= 0.6 is 0 Å². The normalized spacial score (nSPS) is 26.1. The first-order valence-electron chi connectivity index (χ1n) is 11.0. The summed E-state index contributed by atoms with van der Waals surface area (Å²) in [5, 5.41) is 0. The Balaban J connectivity index is 1.06. The van der Waals surface area contributed by atoms with Crippen molar-refractivity contribution in [3.8, 4) is 11.5 Å². The number of benzene rings is 2. The van der Waals surface area contributed by atoms with E-state index in [0.717, 1.165) is 18.8 Å². The van der Waals surface area contributed by atoms with Crippen molar-refractivity contribution in [1.29, 1.82) is 0 Å². The van der Waals surface area contributed by atoms with Crippen molar-refractivity contribution < 1.29 is 42.3 Å². The van der Waals surface area contributed by atoms with Gasteiger partial charge in [0.15, 0.2) is 19.9 Å². The summed E-state index contributed by atoms with van der Waals surface area (Å²) in [4.78, 5) is 0. The minimum Gasteiger partial charge on any atom is -0.468 e. The van der Waals surface area contributed by atoms with Gasteiger partial charge in [0.05, 0.1) is 39.6 Å². The van der Waals surface area contributed by atoms with Crippen molar-refractivity contribution in [1.82, 2.24) is 0 Å². The van der Waals surface area contributed by atoms with Crippen molar-refractivity contribution in [2.75, 3.05) is 53.2 Å². The van der Waals surface area contributed by atoms with E-state index < -0.39 is 6.29 Å². The summed E-state index contributed by atoms with van der Waals surface area (Å²) in [5.41, 5.74) is 1.40. The number of epoxide rings is 2. The maximum absolute atomic E-state index is 14.6. The van der Waals surface area contributed by atoms with E-state index in [4.69, 9.17) is 37.9 Å². The molecular weight excluding hydrogens is 435 g/mol. The molecule has 0 radical (unpaired) electrons. The number of hydrogen-bond donors (Lipinski definition) is 0. The monoisotopic (exact) mass is 462 g/mol. The number of hydrogen-bond acceptors (Lipinski definition) is 8. The predicted octanol–water partition coefficient (Wildman–Crippen LogP) is 3.16. The molecule has 0 amide bonds. The van der Waals surface area contributed by atoms with Gasteiger partial charge < -0.3 is 37.9 Å². The second-order valence-electron chi connectivity index (χ2n) is 8.12. The van der Waals surface area contributed by atoms with E-state index in [1.54, 1.807) is 12.1 Å². The summed E-state index contributed by atoms with van der Waals surface area (Å²) in [6.45, 7) is 3.45. The van der Waals surface area contributed by atoms with E-state index in [-0.39, 0.29) is 37.5 Å². The second-order valence-corrected chi connectivity index (χ2v) is 8.12. The molecule has 9 heteroatoms. The molecule has 0 saturated carbocycles. The minimum absolute atomic E-state index is 0.0578. The summed E-state index contributed by atoms with van der Waals surface area (Å²) in [7, 11) is 0. The molecule has 2 atom stereocenters. The summed E-state index contributed by atoms with van der Waals surface area (Å²) < 4.78 is 58.2. The highest BCUT2D eigenvalue weighted by atomic mass is 19.1. The van der Waals surface area contributed by atoms with Crippen LogP contribution in [0.3, 0.4) is 0 Å². The quantitative estimate of drug-likeness (QED) is 0.270. The van der Waals surface area contributed by atoms with Crippen LogP contribution in [0.1, 0.15) is 23.3 Å². The zero-order valence-corrected chi connectivity index (χ0v) is 18.2. The molecule has 3 heterocycles. The van der Waals surface area contributed by atoms with Crippen molar-refractivity contribution in [2.45, 2.75) is 24.4 Å². The van der Waals surface area contributed by atoms with Gasteiger partial charge in [0.1, 0.15) is 29.5 Å². The average Bonchev–Trinajstić information content (AvgIpc) is 3.76. The molecular formula is C24H27FO8. The first-order valence-corrected chi connectivity index (χ1v) is 11.0. The lowest BCUT2D eigenvalue weighted by molar-refractivity contribution is -0.192. The number of ether oxygens (including phenoxy) is 8. The van der Waals surface area contributed by atoms with Gasteiger partial charge in [-0.05, 0) is 23.8 Å². The van der Waals surface area contributed by atoms with Gasteiger partial charge >= 0.3 is 0 Å². The first kappa shape index (κ1) is 22.5. The fourth-order valence-electron chi connectivity index (χ4n) is 3.43. The van der Waals surface area contributed by atoms with Crippen LogP contribution in [-0.4, -0.2) is 65.4 Å². The Kier molecular flexibility index (Phi) is 7.35. The van der Waals surface area contributed by atoms with E-state index >= 15 is 0 Å². The lowest BCUT2D eigenvalue weighted by atomic mass is 9.99. The molecule has 3 fully saturated rings. The Morgan fingerprint density at radius 2 is 1.30 bits per heavy atom. The third-order valence-corrected chi connectivity index (χ3v) is 5.49. The Labute approximate surface area is 191 Å². The van der Waals surface area contributed by atoms with Crippen molar-refractivity contribution >= 4 is 0 Å². The molecule has 0 aliphatic carbocycles. The topological polar surface area (TPSA) is 80.4 Å². The molecule has 0 bridgehead atoms. The standard InChI is InChI=1S/C24H27FO8/c25-23-7-19(33-15-27-11-21-13-29-21)5-6-22(23)17-8-30-24(31-9-17)16-1-3-18(4-2-16)32-14-26-10-20-12-28-20/h1-7,17,20-21,24H,8-15H2. The van der Waals surface area contributed by atoms with Crippen LogP contribution in [0.15, 0.2) is 42.5 Å². The maximum atomic E-state index is 14.6. The van der Waals surface area contributed by atoms with Crippen molar-refractivity contribution in [3.05, 3.63) is 59.4 Å². The van der Waals surface area contributed by atoms with Gasteiger partial charge in [-0.25, -0.2) is 4.39 Å². The highest BCUT2D eigenvalue weighted by molar-refractivity contribution is 5.32. The van der Waals surface area contributed by atoms with Crippen LogP contribution in [0.25, 0.3) is 0 Å². The van der Waals surface area contributed by atoms with Crippen molar-refractivity contribution in [3.63, 3.8) is 0 Å². The van der Waals surface area contributed by atoms with Gasteiger partial charge in [-0.3, -0.25) is 0 Å². The first-order chi connectivity index (χ1) is 16.2. The molecule has 0 spiro atoms. The van der Waals surface area contributed by atoms with E-state index in [2.05, 4.69) is 0 Å². The summed E-state index contributed by atoms with van der Waals surface area (Å²) in [6.07, 6.45) is -0.120. The summed E-state index contributed by atoms with van der Waals surface area (Å²) in [6, 6.07) is 12.2. The zero-order valence-electron chi connectivity index (χ0n) is 18.2. The molecule has 3 aliphatic heterocycles. The smallest absolute Gasteiger partial charge is 0.189 e. The summed E-state index contributed by atoms with van der Waals surface area (Å²) in [5.74, 6) is 0.552. The molecule has 0 aromatic heterocycles. The minimum atomic E-state index is -0.503. The summed E-state index contributed by atoms with van der Waals surface area (Å²) >= 11 is 0. The van der Waals surface area contributed by atoms with E-state index in [1.807, 2.05) is 24.3 Å². The van der Waals surface area contributed by atoms with E-state index in [9.17, 15) is 4.39 Å². The molecule has 8 nitrogen and oxygen atoms in total. The highest BCUT2D eigenvalue weighted by Gasteiger charge is 2.27. The van der Waals surface area contributed by atoms with Gasteiger partial charge in [0.25, 0.3) is 0 Å². The number of halogens is 1. The third kappa shape index (κ3) is 6.63. The molecule has 178 valence electrons. The second kappa shape index (κ2) is 10.8. The molecule has 2 aromatic carbocycles. The maximum Gasteiger partial charge on any atom is 0.189 e. The molecule has 3 saturated heterocycles. The van der Waals surface area contributed by atoms with Crippen LogP contribution in [-0.2, 0) is 28.4 Å². The fraction of sp³-hybridized carbons (Fsp3) is 0.500. The fourth-order valence-corrected chi connectivity index (χ4v) is 3.43. The Morgan fingerprint density at radius 3 is 1.88 bits per heavy atom. The molecule has 33 heavy (non-hydrogen) atoms. The van der Waals surface area contributed by atoms with Crippen LogP contribution in [0.4, 0.5) is 4.39 Å². The van der Waals surface area contributed by atoms with Gasteiger partial charge in [0, 0.05) is 17.5 Å². The predicted molar refractivity (Wildman–Crippen MR) is 113 cm³/mol. The molecule has 0 N–H and O–H groups in total. The zero-order chi connectivity index (χ0) is 22.5. The Morgan fingerprint density at radius 1 is 0.727 bits per heavy atom. The van der Waals surface area contributed by atoms with Crippen LogP contribution in [0.2, 0.25) is 0 Å². The Bertz CT molecular complexity index is 892. The molecule has 2 unspecified atom stereocenters. The van der Waals surface area contributed by atoms with Crippen LogP contribution in [0, 0.1) is 5.82 Å². The Hall–Kier alpha value is -2.27. The van der Waals surface area contributed by atoms with E-state index in [0.29, 0.717) is 43.5 Å². The molecule has 3 aliphatic rings. The average molecular weight is 462 g/mol. The van der Waals surface area contributed by atoms with Gasteiger partial charge in [0.2, 0.25) is 0 Å². The van der Waals surface area contributed by atoms with E-state index in [1.165, 1.54) is 6.07 Å². The number of rotatable bonds is 12. The van der Waals surface area contributed by atoms with Gasteiger partial charge in [-0.1, -0.05) is 18.2 Å². The van der Waals surface area contributed by atoms with Gasteiger partial charge in [-0.15, -0.1) is 0 Å². The lowest BCUT2D eigenvalue weighted by Crippen LogP contribution is -2.26. The van der Waals surface area contributed by atoms with Crippen molar-refractivity contribution in [2.24, 2.45) is 0 Å². The third-order valence-electron chi connectivity index (χ3n) is 5.49.